The van der Waals surface area contributed by atoms with Crippen LogP contribution in [0.1, 0.15) is 49.4 Å². The molecule has 0 aliphatic carbocycles. The van der Waals surface area contributed by atoms with Gasteiger partial charge in [-0.3, -0.25) is 0 Å². The van der Waals surface area contributed by atoms with E-state index in [1.165, 1.54) is 11.1 Å². The van der Waals surface area contributed by atoms with E-state index in [4.69, 9.17) is 9.47 Å². The van der Waals surface area contributed by atoms with E-state index in [-0.39, 0.29) is 17.3 Å². The van der Waals surface area contributed by atoms with Crippen LogP contribution in [0.2, 0.25) is 0 Å². The lowest BCUT2D eigenvalue weighted by Gasteiger charge is -2.49. The highest BCUT2D eigenvalue weighted by molar-refractivity contribution is 8.00. The van der Waals surface area contributed by atoms with Crippen LogP contribution in [0.3, 0.4) is 0 Å². The van der Waals surface area contributed by atoms with E-state index >= 15 is 0 Å². The number of aryl methyl sites for hydroxylation is 1. The smallest absolute Gasteiger partial charge is 0.165 e. The third kappa shape index (κ3) is 6.77. The van der Waals surface area contributed by atoms with Crippen LogP contribution in [-0.2, 0) is 27.2 Å². The molecule has 0 spiro atoms. The molecule has 2 aromatic rings. The molecule has 3 nitrogen and oxygen atoms in total. The van der Waals surface area contributed by atoms with Crippen LogP contribution in [0.15, 0.2) is 79.9 Å². The Morgan fingerprint density at radius 1 is 1.00 bits per heavy atom. The number of allylic oxidation sites excluding steroid dienone is 1. The van der Waals surface area contributed by atoms with Crippen molar-refractivity contribution >= 4 is 17.8 Å². The summed E-state index contributed by atoms with van der Waals surface area (Å²) in [6.07, 6.45) is 9.80. The Bertz CT molecular complexity index is 983. The summed E-state index contributed by atoms with van der Waals surface area (Å²) in [7, 11) is 0. The summed E-state index contributed by atoms with van der Waals surface area (Å²) in [5.41, 5.74) is 4.54. The third-order valence-electron chi connectivity index (χ3n) is 6.71. The molecule has 1 heterocycles. The first-order valence-electron chi connectivity index (χ1n) is 12.7. The molecule has 1 aliphatic heterocycles. The maximum atomic E-state index is 12.2. The molecule has 5 atom stereocenters. The molecule has 1 aliphatic rings. The zero-order valence-corrected chi connectivity index (χ0v) is 22.2. The van der Waals surface area contributed by atoms with Crippen molar-refractivity contribution in [3.63, 3.8) is 0 Å². The van der Waals surface area contributed by atoms with Crippen molar-refractivity contribution in [2.45, 2.75) is 62.4 Å². The second-order valence-electron chi connectivity index (χ2n) is 9.15. The van der Waals surface area contributed by atoms with Crippen LogP contribution in [0, 0.1) is 5.92 Å². The molecule has 0 radical (unpaired) electrons. The first-order chi connectivity index (χ1) is 17.0. The number of ether oxygens (including phenoxy) is 2. The second-order valence-corrected chi connectivity index (χ2v) is 10.6. The molecule has 1 saturated heterocycles. The normalized spacial score (nSPS) is 26.6. The predicted octanol–water partition coefficient (Wildman–Crippen LogP) is 6.95. The summed E-state index contributed by atoms with van der Waals surface area (Å²) in [5, 5.41) is 12.4. The van der Waals surface area contributed by atoms with E-state index in [1.54, 1.807) is 23.9 Å². The lowest BCUT2D eigenvalue weighted by molar-refractivity contribution is -0.150. The zero-order valence-electron chi connectivity index (χ0n) is 21.4. The number of thioether (sulfide) groups is 1. The fourth-order valence-electron chi connectivity index (χ4n) is 4.72. The summed E-state index contributed by atoms with van der Waals surface area (Å²) in [6.45, 7) is 14.9. The Morgan fingerprint density at radius 2 is 1.71 bits per heavy atom. The molecular formula is C31H40O3S. The van der Waals surface area contributed by atoms with E-state index in [9.17, 15) is 5.11 Å². The van der Waals surface area contributed by atoms with Crippen molar-refractivity contribution < 1.29 is 14.6 Å². The van der Waals surface area contributed by atoms with Crippen LogP contribution in [0.25, 0.3) is 6.08 Å². The minimum atomic E-state index is -1.22. The molecule has 0 amide bonds. The Morgan fingerprint density at radius 3 is 2.37 bits per heavy atom. The standard InChI is InChI=1S/C31H40O3S/c1-6-20-33-29-23(5)28(9-4)35-31(32,30(29)34-21-7-2)27-15-11-14-26(22-27)13-10-12-25-18-16-24(8-3)17-19-25/h6-7,10-12,14-19,22-23,28-30,32H,1-2,8-9,13,20-21H2,3-5H3/b12-10+/t23-,28-,29+,30-,31?/m1/s1. The van der Waals surface area contributed by atoms with Gasteiger partial charge < -0.3 is 14.6 Å². The molecule has 35 heavy (non-hydrogen) atoms. The zero-order chi connectivity index (χ0) is 25.3. The second kappa shape index (κ2) is 13.3. The van der Waals surface area contributed by atoms with Crippen LogP contribution < -0.4 is 0 Å². The molecule has 2 aromatic carbocycles. The van der Waals surface area contributed by atoms with E-state index in [0.29, 0.717) is 13.2 Å². The van der Waals surface area contributed by atoms with Gasteiger partial charge in [0.2, 0.25) is 0 Å². The summed E-state index contributed by atoms with van der Waals surface area (Å²) in [5.74, 6) is 0.227. The van der Waals surface area contributed by atoms with Gasteiger partial charge in [0.1, 0.15) is 6.10 Å². The van der Waals surface area contributed by atoms with E-state index in [0.717, 1.165) is 30.4 Å². The predicted molar refractivity (Wildman–Crippen MR) is 150 cm³/mol. The number of hydrogen-bond donors (Lipinski definition) is 1. The Labute approximate surface area is 215 Å². The third-order valence-corrected chi connectivity index (χ3v) is 8.61. The molecular weight excluding hydrogens is 452 g/mol. The molecule has 0 aromatic heterocycles. The van der Waals surface area contributed by atoms with Crippen LogP contribution >= 0.6 is 11.8 Å². The van der Waals surface area contributed by atoms with Crippen molar-refractivity contribution in [3.05, 3.63) is 102 Å². The topological polar surface area (TPSA) is 38.7 Å². The molecule has 0 bridgehead atoms. The van der Waals surface area contributed by atoms with Gasteiger partial charge in [-0.05, 0) is 47.4 Å². The first kappa shape index (κ1) is 27.5. The monoisotopic (exact) mass is 492 g/mol. The van der Waals surface area contributed by atoms with Gasteiger partial charge in [-0.25, -0.2) is 0 Å². The van der Waals surface area contributed by atoms with Crippen LogP contribution in [0.5, 0.6) is 0 Å². The minimum absolute atomic E-state index is 0.227. The van der Waals surface area contributed by atoms with Gasteiger partial charge in [-0.1, -0.05) is 93.6 Å². The van der Waals surface area contributed by atoms with Gasteiger partial charge in [0, 0.05) is 5.25 Å². The van der Waals surface area contributed by atoms with Gasteiger partial charge in [0.15, 0.2) is 4.93 Å². The first-order valence-corrected chi connectivity index (χ1v) is 13.5. The van der Waals surface area contributed by atoms with Gasteiger partial charge >= 0.3 is 0 Å². The van der Waals surface area contributed by atoms with Crippen molar-refractivity contribution in [2.75, 3.05) is 13.2 Å². The van der Waals surface area contributed by atoms with Crippen molar-refractivity contribution in [2.24, 2.45) is 5.92 Å². The molecule has 1 unspecified atom stereocenters. The molecule has 188 valence electrons. The lowest BCUT2D eigenvalue weighted by Crippen LogP contribution is -2.56. The largest absolute Gasteiger partial charge is 0.372 e. The highest BCUT2D eigenvalue weighted by Gasteiger charge is 2.53. The average Bonchev–Trinajstić information content (AvgIpc) is 2.89. The van der Waals surface area contributed by atoms with Gasteiger partial charge in [-0.15, -0.1) is 24.9 Å². The molecule has 1 N–H and O–H groups in total. The van der Waals surface area contributed by atoms with E-state index in [2.05, 4.69) is 82.5 Å². The maximum Gasteiger partial charge on any atom is 0.165 e. The molecule has 1 fully saturated rings. The lowest BCUT2D eigenvalue weighted by atomic mass is 9.87. The summed E-state index contributed by atoms with van der Waals surface area (Å²) in [4.78, 5) is -1.22. The Hall–Kier alpha value is -2.11. The van der Waals surface area contributed by atoms with Crippen molar-refractivity contribution in [1.29, 1.82) is 0 Å². The number of aliphatic hydroxyl groups is 1. The van der Waals surface area contributed by atoms with Crippen LogP contribution in [-0.4, -0.2) is 35.8 Å². The fourth-order valence-corrected chi connectivity index (χ4v) is 6.31. The fraction of sp³-hybridized carbons (Fsp3) is 0.419. The molecule has 3 rings (SSSR count). The number of rotatable bonds is 12. The molecule has 4 heteroatoms. The number of hydrogen-bond acceptors (Lipinski definition) is 4. The maximum absolute atomic E-state index is 12.2. The summed E-state index contributed by atoms with van der Waals surface area (Å²) in [6, 6.07) is 16.9. The van der Waals surface area contributed by atoms with Crippen molar-refractivity contribution in [1.82, 2.24) is 0 Å². The Balaban J connectivity index is 1.87. The highest BCUT2D eigenvalue weighted by Crippen LogP contribution is 2.51. The quantitative estimate of drug-likeness (QED) is 0.325. The van der Waals surface area contributed by atoms with Gasteiger partial charge in [0.25, 0.3) is 0 Å². The summed E-state index contributed by atoms with van der Waals surface area (Å²) >= 11 is 1.60. The summed E-state index contributed by atoms with van der Waals surface area (Å²) < 4.78 is 12.4. The Kier molecular flexibility index (Phi) is 10.4. The van der Waals surface area contributed by atoms with Gasteiger partial charge in [0.05, 0.1) is 19.3 Å². The number of benzene rings is 2. The molecule has 0 saturated carbocycles. The van der Waals surface area contributed by atoms with Gasteiger partial charge in [-0.2, -0.15) is 0 Å². The minimum Gasteiger partial charge on any atom is -0.372 e. The van der Waals surface area contributed by atoms with E-state index < -0.39 is 11.0 Å². The van der Waals surface area contributed by atoms with Crippen LogP contribution in [0.4, 0.5) is 0 Å². The highest BCUT2D eigenvalue weighted by atomic mass is 32.2. The SMILES string of the molecule is C=CCO[C@H]1[C@H](C)[C@@H](CC)SC(O)(c2cccc(C/C=C/c3ccc(CC)cc3)c2)[C@@H]1OCC=C. The van der Waals surface area contributed by atoms with Crippen molar-refractivity contribution in [3.8, 4) is 0 Å². The average molecular weight is 493 g/mol. The van der Waals surface area contributed by atoms with E-state index in [1.807, 2.05) is 12.1 Å².